The van der Waals surface area contributed by atoms with Crippen molar-refractivity contribution in [1.82, 2.24) is 4.68 Å². The van der Waals surface area contributed by atoms with Gasteiger partial charge in [0, 0.05) is 18.6 Å². The zero-order valence-corrected chi connectivity index (χ0v) is 7.28. The predicted molar refractivity (Wildman–Crippen MR) is 47.8 cm³/mol. The van der Waals surface area contributed by atoms with Crippen LogP contribution in [0.25, 0.3) is 0 Å². The first-order valence-electron chi connectivity index (χ1n) is 3.76. The molecule has 0 fully saturated rings. The van der Waals surface area contributed by atoms with Gasteiger partial charge in [0.25, 0.3) is 0 Å². The van der Waals surface area contributed by atoms with Crippen molar-refractivity contribution in [1.29, 1.82) is 0 Å². The summed E-state index contributed by atoms with van der Waals surface area (Å²) in [6, 6.07) is 3.92. The Kier molecular flexibility index (Phi) is 2.13. The molecule has 0 saturated heterocycles. The average Bonchev–Trinajstić information content (AvgIpc) is 2.32. The van der Waals surface area contributed by atoms with Crippen LogP contribution in [0.2, 0.25) is 0 Å². The number of hydrogen-bond acceptors (Lipinski definition) is 1. The average molecular weight is 150 g/mol. The van der Waals surface area contributed by atoms with Crippen LogP contribution in [0.5, 0.6) is 0 Å². The molecular weight excluding hydrogens is 136 g/mol. The van der Waals surface area contributed by atoms with E-state index in [1.165, 1.54) is 0 Å². The number of aromatic nitrogens is 1. The number of nitrogens with zero attached hydrogens (tertiary/aromatic N) is 2. The van der Waals surface area contributed by atoms with E-state index in [0.717, 1.165) is 0 Å². The van der Waals surface area contributed by atoms with E-state index >= 15 is 0 Å². The molecule has 1 aromatic rings. The zero-order valence-electron chi connectivity index (χ0n) is 7.28. The van der Waals surface area contributed by atoms with E-state index in [1.807, 2.05) is 30.7 Å². The van der Waals surface area contributed by atoms with E-state index < -0.39 is 0 Å². The van der Waals surface area contributed by atoms with Gasteiger partial charge in [0.1, 0.15) is 0 Å². The van der Waals surface area contributed by atoms with Gasteiger partial charge in [-0.15, -0.1) is 0 Å². The second kappa shape index (κ2) is 2.91. The van der Waals surface area contributed by atoms with Crippen LogP contribution in [-0.4, -0.2) is 10.9 Å². The van der Waals surface area contributed by atoms with Crippen LogP contribution in [0, 0.1) is 5.41 Å². The second-order valence-corrected chi connectivity index (χ2v) is 3.67. The predicted octanol–water partition coefficient (Wildman–Crippen LogP) is 2.37. The third-order valence-electron chi connectivity index (χ3n) is 1.17. The fourth-order valence-electron chi connectivity index (χ4n) is 0.642. The van der Waals surface area contributed by atoms with Crippen molar-refractivity contribution >= 4 is 6.21 Å². The molecule has 11 heavy (non-hydrogen) atoms. The summed E-state index contributed by atoms with van der Waals surface area (Å²) in [6.07, 6.45) is 5.78. The lowest BCUT2D eigenvalue weighted by Gasteiger charge is -2.09. The first kappa shape index (κ1) is 8.05. The van der Waals surface area contributed by atoms with Crippen LogP contribution in [0.3, 0.4) is 0 Å². The summed E-state index contributed by atoms with van der Waals surface area (Å²) in [6.45, 7) is 6.38. The van der Waals surface area contributed by atoms with Gasteiger partial charge in [-0.1, -0.05) is 20.8 Å². The summed E-state index contributed by atoms with van der Waals surface area (Å²) in [5.41, 5.74) is 0.157. The maximum absolute atomic E-state index is 4.23. The monoisotopic (exact) mass is 150 g/mol. The van der Waals surface area contributed by atoms with Crippen LogP contribution in [0.15, 0.2) is 29.6 Å². The molecule has 0 aliphatic carbocycles. The van der Waals surface area contributed by atoms with Crippen LogP contribution in [-0.2, 0) is 0 Å². The van der Waals surface area contributed by atoms with Gasteiger partial charge in [-0.25, -0.2) is 4.68 Å². The van der Waals surface area contributed by atoms with Gasteiger partial charge < -0.3 is 0 Å². The van der Waals surface area contributed by atoms with Gasteiger partial charge in [0.15, 0.2) is 0 Å². The van der Waals surface area contributed by atoms with Gasteiger partial charge in [0.05, 0.1) is 0 Å². The highest BCUT2D eigenvalue weighted by Gasteiger charge is 2.04. The minimum atomic E-state index is 0.157. The molecule has 0 aliphatic rings. The highest BCUT2D eigenvalue weighted by atomic mass is 15.3. The van der Waals surface area contributed by atoms with Gasteiger partial charge in [-0.05, 0) is 17.5 Å². The van der Waals surface area contributed by atoms with Crippen molar-refractivity contribution < 1.29 is 0 Å². The zero-order chi connectivity index (χ0) is 8.32. The van der Waals surface area contributed by atoms with E-state index in [-0.39, 0.29) is 5.41 Å². The molecule has 1 aromatic heterocycles. The van der Waals surface area contributed by atoms with Crippen molar-refractivity contribution in [2.75, 3.05) is 0 Å². The fraction of sp³-hybridized carbons (Fsp3) is 0.444. The van der Waals surface area contributed by atoms with E-state index in [4.69, 9.17) is 0 Å². The minimum Gasteiger partial charge on any atom is -0.249 e. The maximum atomic E-state index is 4.23. The van der Waals surface area contributed by atoms with E-state index in [9.17, 15) is 0 Å². The van der Waals surface area contributed by atoms with Crippen molar-refractivity contribution in [3.63, 3.8) is 0 Å². The Hall–Kier alpha value is -1.05. The molecule has 0 aromatic carbocycles. The minimum absolute atomic E-state index is 0.157. The molecule has 2 heteroatoms. The molecule has 1 rings (SSSR count). The van der Waals surface area contributed by atoms with Crippen LogP contribution < -0.4 is 0 Å². The van der Waals surface area contributed by atoms with Crippen LogP contribution >= 0.6 is 0 Å². The normalized spacial score (nSPS) is 12.6. The molecule has 60 valence electrons. The van der Waals surface area contributed by atoms with Crippen LogP contribution in [0.4, 0.5) is 0 Å². The van der Waals surface area contributed by atoms with Gasteiger partial charge >= 0.3 is 0 Å². The van der Waals surface area contributed by atoms with E-state index in [2.05, 4.69) is 25.9 Å². The molecule has 0 radical (unpaired) electrons. The third-order valence-corrected chi connectivity index (χ3v) is 1.17. The Morgan fingerprint density at radius 2 is 1.73 bits per heavy atom. The fourth-order valence-corrected chi connectivity index (χ4v) is 0.642. The van der Waals surface area contributed by atoms with E-state index in [1.54, 1.807) is 4.68 Å². The molecule has 0 aliphatic heterocycles. The summed E-state index contributed by atoms with van der Waals surface area (Å²) in [4.78, 5) is 0. The third kappa shape index (κ3) is 3.03. The molecule has 0 bridgehead atoms. The quantitative estimate of drug-likeness (QED) is 0.547. The van der Waals surface area contributed by atoms with E-state index in [0.29, 0.717) is 0 Å². The molecule has 1 heterocycles. The molecule has 2 nitrogen and oxygen atoms in total. The first-order chi connectivity index (χ1) is 5.08. The second-order valence-electron chi connectivity index (χ2n) is 3.67. The van der Waals surface area contributed by atoms with Crippen LogP contribution in [0.1, 0.15) is 20.8 Å². The summed E-state index contributed by atoms with van der Waals surface area (Å²) in [5.74, 6) is 0. The Bertz CT molecular complexity index is 227. The molecule has 0 saturated carbocycles. The molecule has 0 N–H and O–H groups in total. The number of hydrogen-bond donors (Lipinski definition) is 0. The summed E-state index contributed by atoms with van der Waals surface area (Å²) in [5, 5.41) is 4.23. The lowest BCUT2D eigenvalue weighted by molar-refractivity contribution is 0.600. The van der Waals surface area contributed by atoms with Gasteiger partial charge in [0.2, 0.25) is 0 Å². The smallest absolute Gasteiger partial charge is 0.0306 e. The first-order valence-corrected chi connectivity index (χ1v) is 3.76. The lowest BCUT2D eigenvalue weighted by atomic mass is 9.99. The molecule has 0 amide bonds. The lowest BCUT2D eigenvalue weighted by Crippen LogP contribution is -2.07. The topological polar surface area (TPSA) is 17.3 Å². The van der Waals surface area contributed by atoms with Crippen molar-refractivity contribution in [2.45, 2.75) is 20.8 Å². The Labute approximate surface area is 67.5 Å². The highest BCUT2D eigenvalue weighted by molar-refractivity contribution is 5.63. The Morgan fingerprint density at radius 3 is 2.18 bits per heavy atom. The number of rotatable bonds is 1. The van der Waals surface area contributed by atoms with Crippen molar-refractivity contribution in [3.05, 3.63) is 24.5 Å². The molecule has 0 spiro atoms. The largest absolute Gasteiger partial charge is 0.249 e. The van der Waals surface area contributed by atoms with Crippen molar-refractivity contribution in [2.24, 2.45) is 10.5 Å². The van der Waals surface area contributed by atoms with Gasteiger partial charge in [-0.2, -0.15) is 5.10 Å². The molecule has 0 atom stereocenters. The highest BCUT2D eigenvalue weighted by Crippen LogP contribution is 2.08. The summed E-state index contributed by atoms with van der Waals surface area (Å²) < 4.78 is 1.80. The summed E-state index contributed by atoms with van der Waals surface area (Å²) >= 11 is 0. The molecular formula is C9H14N2. The van der Waals surface area contributed by atoms with Crippen molar-refractivity contribution in [3.8, 4) is 0 Å². The molecule has 0 unspecified atom stereocenters. The standard InChI is InChI=1S/C9H14N2/c1-9(2,3)8-10-11-6-4-5-7-11/h4-8H,1-3H3/b10-8+. The maximum Gasteiger partial charge on any atom is 0.0306 e. The Balaban J connectivity index is 2.63. The SMILES string of the molecule is CC(C)(C)/C=N/n1cccc1. The Morgan fingerprint density at radius 1 is 1.18 bits per heavy atom. The van der Waals surface area contributed by atoms with Gasteiger partial charge in [-0.3, -0.25) is 0 Å². The summed E-state index contributed by atoms with van der Waals surface area (Å²) in [7, 11) is 0.